The van der Waals surface area contributed by atoms with Crippen molar-refractivity contribution < 1.29 is 8.42 Å². The van der Waals surface area contributed by atoms with E-state index in [1.54, 1.807) is 17.8 Å². The van der Waals surface area contributed by atoms with Crippen molar-refractivity contribution in [2.75, 3.05) is 26.7 Å². The van der Waals surface area contributed by atoms with E-state index in [1.807, 2.05) is 0 Å². The number of nitrogens with zero attached hydrogens (tertiary/aromatic N) is 4. The number of hydrogen-bond acceptors (Lipinski definition) is 5. The molecule has 3 rings (SSSR count). The fourth-order valence-electron chi connectivity index (χ4n) is 3.72. The zero-order chi connectivity index (χ0) is 15.9. The van der Waals surface area contributed by atoms with Gasteiger partial charge < -0.3 is 15.2 Å². The molecule has 0 bridgehead atoms. The molecule has 0 saturated carbocycles. The first kappa shape index (κ1) is 15.9. The number of likely N-dealkylation sites (tertiary alicyclic amines) is 1. The Kier molecular flexibility index (Phi) is 4.28. The number of aromatic nitrogens is 2. The van der Waals surface area contributed by atoms with Crippen LogP contribution in [-0.4, -0.2) is 65.9 Å². The summed E-state index contributed by atoms with van der Waals surface area (Å²) in [7, 11) is 0.346. The van der Waals surface area contributed by atoms with Crippen LogP contribution in [0.2, 0.25) is 0 Å². The standard InChI is InChI=1S/C14H25N5O2S/c1-17-9-14(16-10-17)22(20,21)19-7-11(12(15)8-19)13-5-3-4-6-18(13)2/h9-13H,3-8,15H2,1-2H3/t11-,12-,13+/m0/s1. The quantitative estimate of drug-likeness (QED) is 0.835. The molecule has 1 aromatic heterocycles. The average molecular weight is 327 g/mol. The largest absolute Gasteiger partial charge is 0.339 e. The molecule has 1 aromatic rings. The molecule has 0 radical (unpaired) electrons. The normalized spacial score (nSPS) is 31.7. The van der Waals surface area contributed by atoms with Gasteiger partial charge in [0.25, 0.3) is 10.0 Å². The lowest BCUT2D eigenvalue weighted by Crippen LogP contribution is -2.47. The van der Waals surface area contributed by atoms with Crippen LogP contribution in [0.4, 0.5) is 0 Å². The third kappa shape index (κ3) is 2.80. The van der Waals surface area contributed by atoms with Gasteiger partial charge in [-0.3, -0.25) is 0 Å². The van der Waals surface area contributed by atoms with E-state index in [0.29, 0.717) is 19.1 Å². The SMILES string of the molecule is CN1CCCC[C@@H]1[C@H]1CN(S(=O)(=O)c2cn(C)cn2)C[C@@H]1N. The first-order valence-electron chi connectivity index (χ1n) is 7.83. The van der Waals surface area contributed by atoms with E-state index < -0.39 is 10.0 Å². The molecule has 2 saturated heterocycles. The van der Waals surface area contributed by atoms with Gasteiger partial charge in [0.2, 0.25) is 0 Å². The zero-order valence-corrected chi connectivity index (χ0v) is 14.0. The first-order chi connectivity index (χ1) is 10.4. The van der Waals surface area contributed by atoms with E-state index >= 15 is 0 Å². The molecule has 2 fully saturated rings. The second kappa shape index (κ2) is 5.92. The van der Waals surface area contributed by atoms with Crippen molar-refractivity contribution >= 4 is 10.0 Å². The van der Waals surface area contributed by atoms with E-state index in [9.17, 15) is 8.42 Å². The molecule has 2 aliphatic heterocycles. The van der Waals surface area contributed by atoms with Gasteiger partial charge in [0.1, 0.15) is 0 Å². The van der Waals surface area contributed by atoms with Crippen molar-refractivity contribution in [1.29, 1.82) is 0 Å². The lowest BCUT2D eigenvalue weighted by Gasteiger charge is -2.37. The van der Waals surface area contributed by atoms with E-state index in [2.05, 4.69) is 16.9 Å². The summed E-state index contributed by atoms with van der Waals surface area (Å²) in [5, 5.41) is 0.111. The highest BCUT2D eigenvalue weighted by Gasteiger charge is 2.43. The summed E-state index contributed by atoms with van der Waals surface area (Å²) >= 11 is 0. The second-order valence-electron chi connectivity index (χ2n) is 6.57. The molecule has 0 amide bonds. The number of nitrogens with two attached hydrogens (primary N) is 1. The van der Waals surface area contributed by atoms with Crippen LogP contribution in [0.25, 0.3) is 0 Å². The molecule has 124 valence electrons. The summed E-state index contributed by atoms with van der Waals surface area (Å²) in [6.07, 6.45) is 6.57. The Bertz CT molecular complexity index is 629. The summed E-state index contributed by atoms with van der Waals surface area (Å²) in [5.74, 6) is 0.198. The Morgan fingerprint density at radius 2 is 2.05 bits per heavy atom. The van der Waals surface area contributed by atoms with Crippen LogP contribution in [0.1, 0.15) is 19.3 Å². The minimum absolute atomic E-state index is 0.107. The highest BCUT2D eigenvalue weighted by atomic mass is 32.2. The van der Waals surface area contributed by atoms with Gasteiger partial charge in [-0.1, -0.05) is 6.42 Å². The van der Waals surface area contributed by atoms with Crippen molar-refractivity contribution in [3.05, 3.63) is 12.5 Å². The monoisotopic (exact) mass is 327 g/mol. The van der Waals surface area contributed by atoms with E-state index in [4.69, 9.17) is 5.73 Å². The van der Waals surface area contributed by atoms with Crippen LogP contribution in [0.5, 0.6) is 0 Å². The van der Waals surface area contributed by atoms with Gasteiger partial charge >= 0.3 is 0 Å². The molecule has 2 N–H and O–H groups in total. The summed E-state index contributed by atoms with van der Waals surface area (Å²) in [6, 6.07) is 0.275. The maximum atomic E-state index is 12.7. The maximum absolute atomic E-state index is 12.7. The summed E-state index contributed by atoms with van der Waals surface area (Å²) in [4.78, 5) is 6.33. The number of hydrogen-bond donors (Lipinski definition) is 1. The lowest BCUT2D eigenvalue weighted by atomic mass is 9.88. The Morgan fingerprint density at radius 3 is 2.68 bits per heavy atom. The third-order valence-corrected chi connectivity index (χ3v) is 6.70. The van der Waals surface area contributed by atoms with Crippen LogP contribution in [-0.2, 0) is 17.1 Å². The van der Waals surface area contributed by atoms with E-state index in [0.717, 1.165) is 13.0 Å². The summed E-state index contributed by atoms with van der Waals surface area (Å²) < 4.78 is 28.5. The smallest absolute Gasteiger partial charge is 0.262 e. The average Bonchev–Trinajstić information content (AvgIpc) is 3.06. The van der Waals surface area contributed by atoms with Gasteiger partial charge in [0.15, 0.2) is 5.03 Å². The Balaban J connectivity index is 1.78. The molecule has 3 atom stereocenters. The van der Waals surface area contributed by atoms with Crippen LogP contribution in [0.15, 0.2) is 17.6 Å². The van der Waals surface area contributed by atoms with Gasteiger partial charge in [-0.25, -0.2) is 13.4 Å². The number of piperidine rings is 1. The summed E-state index contributed by atoms with van der Waals surface area (Å²) in [6.45, 7) is 1.95. The lowest BCUT2D eigenvalue weighted by molar-refractivity contribution is 0.127. The number of aryl methyl sites for hydroxylation is 1. The van der Waals surface area contributed by atoms with Crippen LogP contribution in [0, 0.1) is 5.92 Å². The molecular formula is C14H25N5O2S. The Morgan fingerprint density at radius 1 is 1.27 bits per heavy atom. The predicted molar refractivity (Wildman–Crippen MR) is 83.7 cm³/mol. The molecule has 0 unspecified atom stereocenters. The molecular weight excluding hydrogens is 302 g/mol. The van der Waals surface area contributed by atoms with Crippen molar-refractivity contribution in [3.8, 4) is 0 Å². The number of sulfonamides is 1. The van der Waals surface area contributed by atoms with Crippen LogP contribution >= 0.6 is 0 Å². The minimum Gasteiger partial charge on any atom is -0.339 e. The highest BCUT2D eigenvalue weighted by Crippen LogP contribution is 2.31. The van der Waals surface area contributed by atoms with Gasteiger partial charge in [-0.2, -0.15) is 4.31 Å². The Labute approximate surface area is 132 Å². The fourth-order valence-corrected chi connectivity index (χ4v) is 5.20. The molecule has 22 heavy (non-hydrogen) atoms. The Hall–Kier alpha value is -0.960. The first-order valence-corrected chi connectivity index (χ1v) is 9.27. The van der Waals surface area contributed by atoms with Crippen molar-refractivity contribution in [2.24, 2.45) is 18.7 Å². The van der Waals surface area contributed by atoms with Crippen LogP contribution in [0.3, 0.4) is 0 Å². The molecule has 2 aliphatic rings. The molecule has 3 heterocycles. The predicted octanol–water partition coefficient (Wildman–Crippen LogP) is -0.148. The minimum atomic E-state index is -3.54. The van der Waals surface area contributed by atoms with Crippen molar-refractivity contribution in [2.45, 2.75) is 36.4 Å². The van der Waals surface area contributed by atoms with Crippen molar-refractivity contribution in [3.63, 3.8) is 0 Å². The molecule has 7 nitrogen and oxygen atoms in total. The topological polar surface area (TPSA) is 84.5 Å². The fraction of sp³-hybridized carbons (Fsp3) is 0.786. The maximum Gasteiger partial charge on any atom is 0.262 e. The van der Waals surface area contributed by atoms with Gasteiger partial charge in [0, 0.05) is 44.3 Å². The number of imidazole rings is 1. The highest BCUT2D eigenvalue weighted by molar-refractivity contribution is 7.89. The van der Waals surface area contributed by atoms with E-state index in [-0.39, 0.29) is 17.0 Å². The molecule has 0 aliphatic carbocycles. The third-order valence-electron chi connectivity index (χ3n) is 4.99. The molecule has 0 spiro atoms. The van der Waals surface area contributed by atoms with Crippen molar-refractivity contribution in [1.82, 2.24) is 18.8 Å². The zero-order valence-electron chi connectivity index (χ0n) is 13.2. The molecule has 0 aromatic carbocycles. The molecule has 8 heteroatoms. The second-order valence-corrected chi connectivity index (χ2v) is 8.46. The van der Waals surface area contributed by atoms with Gasteiger partial charge in [-0.05, 0) is 26.4 Å². The number of rotatable bonds is 3. The van der Waals surface area contributed by atoms with Gasteiger partial charge in [-0.15, -0.1) is 0 Å². The summed E-state index contributed by atoms with van der Waals surface area (Å²) in [5.41, 5.74) is 6.28. The van der Waals surface area contributed by atoms with E-state index in [1.165, 1.54) is 23.5 Å². The van der Waals surface area contributed by atoms with Crippen LogP contribution < -0.4 is 5.73 Å². The van der Waals surface area contributed by atoms with Gasteiger partial charge in [0.05, 0.1) is 6.33 Å².